The van der Waals surface area contributed by atoms with E-state index >= 15 is 0 Å². The Labute approximate surface area is 216 Å². The monoisotopic (exact) mass is 613 g/mol. The lowest BCUT2D eigenvalue weighted by Crippen LogP contribution is -2.55. The molecule has 14 nitrogen and oxygen atoms in total. The summed E-state index contributed by atoms with van der Waals surface area (Å²) in [6, 6.07) is -2.88. The van der Waals surface area contributed by atoms with Gasteiger partial charge in [-0.15, -0.1) is 0 Å². The maximum absolute atomic E-state index is 12.5. The highest BCUT2D eigenvalue weighted by molar-refractivity contribution is 14.1. The Morgan fingerprint density at radius 3 is 1.80 bits per heavy atom. The van der Waals surface area contributed by atoms with Crippen LogP contribution in [0.4, 0.5) is 0 Å². The summed E-state index contributed by atoms with van der Waals surface area (Å²) in [5.41, 5.74) is 0. The molecule has 0 rings (SSSR count). The summed E-state index contributed by atoms with van der Waals surface area (Å²) in [5.74, 6) is -5.59. The molecular weight excluding hydrogens is 581 g/mol. The lowest BCUT2D eigenvalue weighted by molar-refractivity contribution is -0.141. The van der Waals surface area contributed by atoms with Crippen molar-refractivity contribution in [3.63, 3.8) is 0 Å². The second-order valence-corrected chi connectivity index (χ2v) is 8.52. The number of nitrogens with one attached hydrogen (secondary N) is 5. The number of rotatable bonds is 16. The minimum Gasteiger partial charge on any atom is -0.481 e. The molecule has 0 aromatic heterocycles. The van der Waals surface area contributed by atoms with Crippen LogP contribution >= 0.6 is 23.0 Å². The van der Waals surface area contributed by atoms with Gasteiger partial charge >= 0.3 is 11.9 Å². The number of carboxylic acid groups (broad SMARTS) is 1. The predicted octanol–water partition coefficient (Wildman–Crippen LogP) is -1.83. The van der Waals surface area contributed by atoms with Gasteiger partial charge in [-0.2, -0.15) is 0 Å². The van der Waals surface area contributed by atoms with Gasteiger partial charge in [0.25, 0.3) is 0 Å². The van der Waals surface area contributed by atoms with Gasteiger partial charge in [0, 0.05) is 12.0 Å². The summed E-state index contributed by atoms with van der Waals surface area (Å²) in [5, 5.41) is 20.9. The van der Waals surface area contributed by atoms with Gasteiger partial charge < -0.3 is 34.8 Å². The number of carboxylic acids is 1. The van der Waals surface area contributed by atoms with Crippen LogP contribution < -0.4 is 26.6 Å². The molecule has 0 heterocycles. The molecule has 0 aromatic rings. The Morgan fingerprint density at radius 2 is 1.31 bits per heavy atom. The fourth-order valence-electron chi connectivity index (χ4n) is 2.47. The Bertz CT molecular complexity index is 804. The first-order valence-corrected chi connectivity index (χ1v) is 11.6. The Kier molecular flexibility index (Phi) is 15.4. The summed E-state index contributed by atoms with van der Waals surface area (Å²) in [4.78, 5) is 83.0. The summed E-state index contributed by atoms with van der Waals surface area (Å²) in [6.45, 7) is 5.57. The Morgan fingerprint density at radius 1 is 0.771 bits per heavy atom. The van der Waals surface area contributed by atoms with E-state index in [1.54, 1.807) is 27.7 Å². The summed E-state index contributed by atoms with van der Waals surface area (Å²) in [7, 11) is 0. The number of carbonyl (C=O) groups excluding carboxylic acids is 6. The van der Waals surface area contributed by atoms with Crippen LogP contribution in [-0.4, -0.2) is 84.2 Å². The lowest BCUT2D eigenvalue weighted by atomic mass is 10.1. The summed E-state index contributed by atoms with van der Waals surface area (Å²) >= 11 is 1.31. The van der Waals surface area contributed by atoms with Crippen LogP contribution in [0, 0.1) is 5.92 Å². The number of carbonyl (C=O) groups is 7. The highest BCUT2D eigenvalue weighted by Gasteiger charge is 2.29. The molecule has 15 heteroatoms. The quantitative estimate of drug-likeness (QED) is 0.107. The molecule has 0 saturated carbocycles. The highest BCUT2D eigenvalue weighted by Crippen LogP contribution is 2.03. The van der Waals surface area contributed by atoms with Crippen molar-refractivity contribution in [2.24, 2.45) is 5.92 Å². The van der Waals surface area contributed by atoms with Gasteiger partial charge in [0.15, 0.2) is 28.8 Å². The van der Waals surface area contributed by atoms with Crippen molar-refractivity contribution in [1.29, 1.82) is 0 Å². The number of hydrogen-bond acceptors (Lipinski definition) is 9. The van der Waals surface area contributed by atoms with Crippen LogP contribution in [0.5, 0.6) is 0 Å². The molecule has 0 radical (unpaired) electrons. The van der Waals surface area contributed by atoms with Crippen molar-refractivity contribution in [2.45, 2.75) is 58.7 Å². The first kappa shape index (κ1) is 32.2. The number of halogens is 1. The molecule has 0 bridgehead atoms. The molecule has 4 amide bonds. The zero-order valence-electron chi connectivity index (χ0n) is 19.9. The van der Waals surface area contributed by atoms with Crippen LogP contribution in [0.25, 0.3) is 0 Å². The minimum absolute atomic E-state index is 0.175. The van der Waals surface area contributed by atoms with Gasteiger partial charge in [0.1, 0.15) is 6.04 Å². The summed E-state index contributed by atoms with van der Waals surface area (Å²) < 4.78 is 4.49. The van der Waals surface area contributed by atoms with Crippen molar-refractivity contribution in [3.05, 3.63) is 0 Å². The van der Waals surface area contributed by atoms with Crippen molar-refractivity contribution in [3.8, 4) is 0 Å². The molecule has 0 aromatic carbocycles. The van der Waals surface area contributed by atoms with Gasteiger partial charge in [-0.25, -0.2) is 0 Å². The third-order valence-corrected chi connectivity index (χ3v) is 4.78. The van der Waals surface area contributed by atoms with E-state index in [1.165, 1.54) is 23.0 Å². The molecule has 35 heavy (non-hydrogen) atoms. The first-order chi connectivity index (χ1) is 16.3. The number of Topliss-reactive ketones (excluding diaryl/α,β-unsaturated/α-hetero) is 1. The minimum atomic E-state index is -1.45. The molecule has 0 saturated heterocycles. The van der Waals surface area contributed by atoms with Gasteiger partial charge in [-0.3, -0.25) is 33.6 Å². The SMILES string of the molecule is CC(C)NC(CC(=O)O)C(=O)NC(CC(=O)OI)C(=O)NCC(=O)NCC(=O)NCC(=O)C(C)C. The van der Waals surface area contributed by atoms with Crippen molar-refractivity contribution < 1.29 is 41.7 Å². The van der Waals surface area contributed by atoms with Crippen molar-refractivity contribution in [2.75, 3.05) is 19.6 Å². The number of aliphatic carboxylic acids is 1. The van der Waals surface area contributed by atoms with Gasteiger partial charge in [-0.05, 0) is 0 Å². The van der Waals surface area contributed by atoms with E-state index in [4.69, 9.17) is 5.11 Å². The van der Waals surface area contributed by atoms with Crippen molar-refractivity contribution in [1.82, 2.24) is 26.6 Å². The number of amides is 4. The van der Waals surface area contributed by atoms with Crippen LogP contribution in [0.15, 0.2) is 0 Å². The maximum Gasteiger partial charge on any atom is 0.317 e. The molecule has 2 unspecified atom stereocenters. The van der Waals surface area contributed by atoms with Crippen molar-refractivity contribution >= 4 is 64.4 Å². The zero-order valence-corrected chi connectivity index (χ0v) is 22.1. The van der Waals surface area contributed by atoms with Crippen LogP contribution in [0.1, 0.15) is 40.5 Å². The zero-order chi connectivity index (χ0) is 27.1. The molecule has 0 aliphatic heterocycles. The lowest BCUT2D eigenvalue weighted by Gasteiger charge is -2.23. The second-order valence-electron chi connectivity index (χ2n) is 8.08. The van der Waals surface area contributed by atoms with Gasteiger partial charge in [0.2, 0.25) is 23.6 Å². The molecule has 0 spiro atoms. The third kappa shape index (κ3) is 14.9. The topological polar surface area (TPSA) is 209 Å². The molecule has 198 valence electrons. The molecular formula is C20H32IN5O9. The molecule has 0 aliphatic rings. The number of hydrogen-bond donors (Lipinski definition) is 6. The predicted molar refractivity (Wildman–Crippen MR) is 130 cm³/mol. The average molecular weight is 613 g/mol. The maximum atomic E-state index is 12.5. The largest absolute Gasteiger partial charge is 0.481 e. The highest BCUT2D eigenvalue weighted by atomic mass is 127. The van der Waals surface area contributed by atoms with E-state index in [2.05, 4.69) is 29.7 Å². The molecule has 0 fully saturated rings. The fraction of sp³-hybridized carbons (Fsp3) is 0.650. The third-order valence-electron chi connectivity index (χ3n) is 4.29. The van der Waals surface area contributed by atoms with Crippen LogP contribution in [-0.2, 0) is 36.6 Å². The summed E-state index contributed by atoms with van der Waals surface area (Å²) in [6.07, 6.45) is -1.14. The van der Waals surface area contributed by atoms with Crippen LogP contribution in [0.2, 0.25) is 0 Å². The number of ketones is 1. The van der Waals surface area contributed by atoms with Gasteiger partial charge in [-0.1, -0.05) is 27.7 Å². The normalized spacial score (nSPS) is 12.3. The standard InChI is InChI=1S/C20H32IN5O9/c1-10(2)14(27)7-22-15(28)8-23-16(29)9-24-19(33)13(6-18(32)35-21)26-20(34)12(5-17(30)31)25-11(3)4/h10-13,25H,5-9H2,1-4H3,(H,22,28)(H,23,29)(H,24,33)(H,26,34)(H,30,31). The Hall–Kier alpha value is -2.82. The van der Waals surface area contributed by atoms with Crippen LogP contribution in [0.3, 0.4) is 0 Å². The van der Waals surface area contributed by atoms with E-state index in [0.717, 1.165) is 0 Å². The van der Waals surface area contributed by atoms with E-state index < -0.39 is 73.6 Å². The second kappa shape index (κ2) is 16.7. The van der Waals surface area contributed by atoms with E-state index in [0.29, 0.717) is 0 Å². The average Bonchev–Trinajstić information content (AvgIpc) is 2.77. The Balaban J connectivity index is 4.92. The van der Waals surface area contributed by atoms with E-state index in [9.17, 15) is 33.6 Å². The first-order valence-electron chi connectivity index (χ1n) is 10.7. The molecule has 2 atom stereocenters. The molecule has 6 N–H and O–H groups in total. The van der Waals surface area contributed by atoms with E-state index in [1.807, 2.05) is 0 Å². The van der Waals surface area contributed by atoms with Gasteiger partial charge in [0.05, 0.1) is 38.5 Å². The molecule has 0 aliphatic carbocycles. The van der Waals surface area contributed by atoms with E-state index in [-0.39, 0.29) is 24.3 Å². The smallest absolute Gasteiger partial charge is 0.317 e. The fourth-order valence-corrected chi connectivity index (χ4v) is 2.65.